The molecule has 1 aliphatic rings. The molecule has 1 aromatic carbocycles. The van der Waals surface area contributed by atoms with Gasteiger partial charge in [-0.2, -0.15) is 0 Å². The lowest BCUT2D eigenvalue weighted by atomic mass is 9.99. The van der Waals surface area contributed by atoms with Gasteiger partial charge in [0.25, 0.3) is 0 Å². The van der Waals surface area contributed by atoms with Gasteiger partial charge in [0.05, 0.1) is 12.2 Å². The van der Waals surface area contributed by atoms with Crippen LogP contribution in [-0.4, -0.2) is 30.9 Å². The van der Waals surface area contributed by atoms with Gasteiger partial charge in [-0.25, -0.2) is 4.39 Å². The number of rotatable bonds is 6. The van der Waals surface area contributed by atoms with Gasteiger partial charge in [0.15, 0.2) is 0 Å². The first-order valence-electron chi connectivity index (χ1n) is 6.96. The predicted octanol–water partition coefficient (Wildman–Crippen LogP) is 2.26. The molecule has 1 aliphatic heterocycles. The highest BCUT2D eigenvalue weighted by Crippen LogP contribution is 2.22. The van der Waals surface area contributed by atoms with E-state index in [4.69, 9.17) is 4.74 Å². The number of hydrogen-bond donors (Lipinski definition) is 2. The zero-order chi connectivity index (χ0) is 13.7. The molecule has 3 unspecified atom stereocenters. The summed E-state index contributed by atoms with van der Waals surface area (Å²) in [6, 6.07) is 6.11. The van der Waals surface area contributed by atoms with Crippen molar-refractivity contribution in [1.82, 2.24) is 5.32 Å². The third-order valence-electron chi connectivity index (χ3n) is 3.73. The topological polar surface area (TPSA) is 41.5 Å². The Morgan fingerprint density at radius 3 is 3.11 bits per heavy atom. The number of halogens is 1. The van der Waals surface area contributed by atoms with E-state index < -0.39 is 6.10 Å². The first-order valence-corrected chi connectivity index (χ1v) is 6.96. The SMILES string of the molecule is CCC1OCCC1CNCC(O)c1cccc(F)c1. The zero-order valence-corrected chi connectivity index (χ0v) is 11.3. The highest BCUT2D eigenvalue weighted by molar-refractivity contribution is 5.18. The van der Waals surface area contributed by atoms with Crippen molar-refractivity contribution in [2.24, 2.45) is 5.92 Å². The van der Waals surface area contributed by atoms with Crippen LogP contribution in [0.1, 0.15) is 31.4 Å². The van der Waals surface area contributed by atoms with Crippen LogP contribution in [0.15, 0.2) is 24.3 Å². The minimum Gasteiger partial charge on any atom is -0.387 e. The predicted molar refractivity (Wildman–Crippen MR) is 72.4 cm³/mol. The lowest BCUT2D eigenvalue weighted by Crippen LogP contribution is -2.31. The molecule has 0 aromatic heterocycles. The second-order valence-electron chi connectivity index (χ2n) is 5.10. The molecule has 0 aliphatic carbocycles. The molecule has 1 saturated heterocycles. The summed E-state index contributed by atoms with van der Waals surface area (Å²) in [5.41, 5.74) is 0.613. The lowest BCUT2D eigenvalue weighted by molar-refractivity contribution is 0.0858. The van der Waals surface area contributed by atoms with Crippen molar-refractivity contribution in [3.05, 3.63) is 35.6 Å². The van der Waals surface area contributed by atoms with Crippen LogP contribution in [-0.2, 0) is 4.74 Å². The molecular weight excluding hydrogens is 245 g/mol. The molecule has 1 heterocycles. The van der Waals surface area contributed by atoms with E-state index in [1.54, 1.807) is 12.1 Å². The fraction of sp³-hybridized carbons (Fsp3) is 0.600. The largest absolute Gasteiger partial charge is 0.387 e. The van der Waals surface area contributed by atoms with Crippen LogP contribution in [0.2, 0.25) is 0 Å². The van der Waals surface area contributed by atoms with E-state index in [1.165, 1.54) is 12.1 Å². The van der Waals surface area contributed by atoms with Gasteiger partial charge in [0.1, 0.15) is 5.82 Å². The molecule has 0 saturated carbocycles. The van der Waals surface area contributed by atoms with Crippen LogP contribution in [0.25, 0.3) is 0 Å². The molecule has 2 rings (SSSR count). The third kappa shape index (κ3) is 4.00. The van der Waals surface area contributed by atoms with Crippen molar-refractivity contribution >= 4 is 0 Å². The molecule has 3 atom stereocenters. The molecule has 1 fully saturated rings. The second kappa shape index (κ2) is 6.98. The summed E-state index contributed by atoms with van der Waals surface area (Å²) in [6.45, 7) is 4.24. The van der Waals surface area contributed by atoms with Gasteiger partial charge in [-0.3, -0.25) is 0 Å². The van der Waals surface area contributed by atoms with Crippen LogP contribution in [0, 0.1) is 11.7 Å². The fourth-order valence-electron chi connectivity index (χ4n) is 2.61. The van der Waals surface area contributed by atoms with E-state index in [0.717, 1.165) is 26.0 Å². The number of aliphatic hydroxyl groups excluding tert-OH is 1. The van der Waals surface area contributed by atoms with E-state index in [1.807, 2.05) is 0 Å². The standard InChI is InChI=1S/C15H22FNO2/c1-2-15-12(6-7-19-15)9-17-10-14(18)11-4-3-5-13(16)8-11/h3-5,8,12,14-15,17-18H,2,6-7,9-10H2,1H3. The average Bonchev–Trinajstić information content (AvgIpc) is 2.86. The zero-order valence-electron chi connectivity index (χ0n) is 11.3. The van der Waals surface area contributed by atoms with Gasteiger partial charge in [-0.05, 0) is 36.5 Å². The molecule has 106 valence electrons. The summed E-state index contributed by atoms with van der Waals surface area (Å²) in [6.07, 6.45) is 1.76. The number of nitrogens with one attached hydrogen (secondary N) is 1. The number of ether oxygens (including phenoxy) is 1. The summed E-state index contributed by atoms with van der Waals surface area (Å²) in [7, 11) is 0. The highest BCUT2D eigenvalue weighted by atomic mass is 19.1. The maximum atomic E-state index is 13.0. The highest BCUT2D eigenvalue weighted by Gasteiger charge is 2.26. The van der Waals surface area contributed by atoms with Crippen molar-refractivity contribution in [2.75, 3.05) is 19.7 Å². The van der Waals surface area contributed by atoms with Gasteiger partial charge in [-0.1, -0.05) is 19.1 Å². The van der Waals surface area contributed by atoms with Crippen molar-refractivity contribution in [3.8, 4) is 0 Å². The first kappa shape index (κ1) is 14.4. The molecular formula is C15H22FNO2. The van der Waals surface area contributed by atoms with Crippen LogP contribution in [0.3, 0.4) is 0 Å². The van der Waals surface area contributed by atoms with Crippen molar-refractivity contribution in [3.63, 3.8) is 0 Å². The number of hydrogen-bond acceptors (Lipinski definition) is 3. The Kier molecular flexibility index (Phi) is 5.31. The Labute approximate surface area is 113 Å². The molecule has 0 amide bonds. The van der Waals surface area contributed by atoms with Crippen molar-refractivity contribution in [2.45, 2.75) is 32.0 Å². The van der Waals surface area contributed by atoms with Crippen molar-refractivity contribution in [1.29, 1.82) is 0 Å². The Bertz CT molecular complexity index is 399. The van der Waals surface area contributed by atoms with E-state index in [0.29, 0.717) is 24.1 Å². The molecule has 0 spiro atoms. The van der Waals surface area contributed by atoms with Gasteiger partial charge in [-0.15, -0.1) is 0 Å². The smallest absolute Gasteiger partial charge is 0.123 e. The van der Waals surface area contributed by atoms with E-state index in [2.05, 4.69) is 12.2 Å². The average molecular weight is 267 g/mol. The molecule has 0 radical (unpaired) electrons. The van der Waals surface area contributed by atoms with Crippen molar-refractivity contribution < 1.29 is 14.2 Å². The van der Waals surface area contributed by atoms with Gasteiger partial charge < -0.3 is 15.2 Å². The van der Waals surface area contributed by atoms with E-state index in [9.17, 15) is 9.50 Å². The van der Waals surface area contributed by atoms with Crippen LogP contribution in [0.4, 0.5) is 4.39 Å². The van der Waals surface area contributed by atoms with Gasteiger partial charge in [0.2, 0.25) is 0 Å². The summed E-state index contributed by atoms with van der Waals surface area (Å²) in [5, 5.41) is 13.2. The normalized spacial score (nSPS) is 24.6. The Morgan fingerprint density at radius 1 is 1.53 bits per heavy atom. The number of benzene rings is 1. The molecule has 1 aromatic rings. The Balaban J connectivity index is 1.76. The Morgan fingerprint density at radius 2 is 2.37 bits per heavy atom. The van der Waals surface area contributed by atoms with Gasteiger partial charge >= 0.3 is 0 Å². The summed E-state index contributed by atoms with van der Waals surface area (Å²) >= 11 is 0. The Hall–Kier alpha value is -0.970. The minimum atomic E-state index is -0.668. The first-order chi connectivity index (χ1) is 9.20. The summed E-state index contributed by atoms with van der Waals surface area (Å²) in [4.78, 5) is 0. The number of aliphatic hydroxyl groups is 1. The third-order valence-corrected chi connectivity index (χ3v) is 3.73. The van der Waals surface area contributed by atoms with E-state index in [-0.39, 0.29) is 5.82 Å². The summed E-state index contributed by atoms with van der Waals surface area (Å²) < 4.78 is 18.7. The van der Waals surface area contributed by atoms with Crippen LogP contribution < -0.4 is 5.32 Å². The van der Waals surface area contributed by atoms with E-state index >= 15 is 0 Å². The molecule has 19 heavy (non-hydrogen) atoms. The van der Waals surface area contributed by atoms with Crippen LogP contribution in [0.5, 0.6) is 0 Å². The maximum Gasteiger partial charge on any atom is 0.123 e. The quantitative estimate of drug-likeness (QED) is 0.830. The second-order valence-corrected chi connectivity index (χ2v) is 5.10. The van der Waals surface area contributed by atoms with Crippen LogP contribution >= 0.6 is 0 Å². The molecule has 3 nitrogen and oxygen atoms in total. The molecule has 0 bridgehead atoms. The molecule has 2 N–H and O–H groups in total. The monoisotopic (exact) mass is 267 g/mol. The maximum absolute atomic E-state index is 13.0. The minimum absolute atomic E-state index is 0.313. The lowest BCUT2D eigenvalue weighted by Gasteiger charge is -2.19. The fourth-order valence-corrected chi connectivity index (χ4v) is 2.61. The summed E-state index contributed by atoms with van der Waals surface area (Å²) in [5.74, 6) is 0.205. The molecule has 4 heteroatoms. The van der Waals surface area contributed by atoms with Gasteiger partial charge in [0, 0.05) is 19.7 Å².